The van der Waals surface area contributed by atoms with E-state index >= 15 is 0 Å². The average molecular weight is 227 g/mol. The standard InChI is InChI=1S/C13H13N3O/c14-8-10-3-1-5-12(7-10)16-13(17)11-4-2-6-15-9-11/h1-7,9H,8,14H2,(H,16,17). The van der Waals surface area contributed by atoms with E-state index in [1.807, 2.05) is 24.3 Å². The normalized spacial score (nSPS) is 9.94. The third-order valence-corrected chi connectivity index (χ3v) is 2.34. The lowest BCUT2D eigenvalue weighted by molar-refractivity contribution is 0.102. The number of hydrogen-bond acceptors (Lipinski definition) is 3. The molecule has 3 N–H and O–H groups in total. The van der Waals surface area contributed by atoms with Gasteiger partial charge in [0, 0.05) is 24.6 Å². The molecule has 0 fully saturated rings. The molecule has 0 saturated carbocycles. The minimum Gasteiger partial charge on any atom is -0.326 e. The number of pyridine rings is 1. The number of amides is 1. The molecular weight excluding hydrogens is 214 g/mol. The summed E-state index contributed by atoms with van der Waals surface area (Å²) in [5.41, 5.74) is 7.79. The van der Waals surface area contributed by atoms with Gasteiger partial charge in [-0.1, -0.05) is 12.1 Å². The summed E-state index contributed by atoms with van der Waals surface area (Å²) in [4.78, 5) is 15.7. The second-order valence-corrected chi connectivity index (χ2v) is 3.60. The molecule has 0 aliphatic heterocycles. The minimum atomic E-state index is -0.174. The zero-order valence-corrected chi connectivity index (χ0v) is 9.26. The van der Waals surface area contributed by atoms with Crippen LogP contribution in [0, 0.1) is 0 Å². The molecule has 0 saturated heterocycles. The molecule has 2 aromatic rings. The number of carbonyl (C=O) groups is 1. The number of nitrogens with zero attached hydrogens (tertiary/aromatic N) is 1. The Labute approximate surface area is 99.5 Å². The zero-order chi connectivity index (χ0) is 12.1. The van der Waals surface area contributed by atoms with E-state index in [2.05, 4.69) is 10.3 Å². The Morgan fingerprint density at radius 2 is 2.18 bits per heavy atom. The topological polar surface area (TPSA) is 68.0 Å². The van der Waals surface area contributed by atoms with Crippen molar-refractivity contribution in [2.45, 2.75) is 6.54 Å². The van der Waals surface area contributed by atoms with Crippen LogP contribution in [0.4, 0.5) is 5.69 Å². The highest BCUT2D eigenvalue weighted by Crippen LogP contribution is 2.11. The third kappa shape index (κ3) is 2.89. The number of rotatable bonds is 3. The SMILES string of the molecule is NCc1cccc(NC(=O)c2cccnc2)c1. The molecule has 1 aromatic heterocycles. The number of nitrogens with one attached hydrogen (secondary N) is 1. The van der Waals surface area contributed by atoms with Gasteiger partial charge < -0.3 is 11.1 Å². The summed E-state index contributed by atoms with van der Waals surface area (Å²) in [6, 6.07) is 10.9. The number of aromatic nitrogens is 1. The van der Waals surface area contributed by atoms with Crippen LogP contribution in [0.25, 0.3) is 0 Å². The Morgan fingerprint density at radius 1 is 1.29 bits per heavy atom. The first-order valence-electron chi connectivity index (χ1n) is 5.30. The van der Waals surface area contributed by atoms with Crippen molar-refractivity contribution in [2.24, 2.45) is 5.73 Å². The molecule has 86 valence electrons. The van der Waals surface area contributed by atoms with E-state index in [-0.39, 0.29) is 5.91 Å². The van der Waals surface area contributed by atoms with E-state index in [1.54, 1.807) is 18.3 Å². The van der Waals surface area contributed by atoms with Crippen LogP contribution < -0.4 is 11.1 Å². The van der Waals surface area contributed by atoms with Crippen molar-refractivity contribution in [3.63, 3.8) is 0 Å². The van der Waals surface area contributed by atoms with Crippen molar-refractivity contribution < 1.29 is 4.79 Å². The fraction of sp³-hybridized carbons (Fsp3) is 0.0769. The summed E-state index contributed by atoms with van der Waals surface area (Å²) >= 11 is 0. The van der Waals surface area contributed by atoms with E-state index in [1.165, 1.54) is 6.20 Å². The van der Waals surface area contributed by atoms with Gasteiger partial charge in [-0.25, -0.2) is 0 Å². The lowest BCUT2D eigenvalue weighted by Crippen LogP contribution is -2.12. The van der Waals surface area contributed by atoms with Gasteiger partial charge in [-0.2, -0.15) is 0 Å². The van der Waals surface area contributed by atoms with Gasteiger partial charge in [0.15, 0.2) is 0 Å². The fourth-order valence-electron chi connectivity index (χ4n) is 1.48. The molecule has 0 aliphatic rings. The molecule has 1 amide bonds. The quantitative estimate of drug-likeness (QED) is 0.840. The molecule has 4 heteroatoms. The van der Waals surface area contributed by atoms with Gasteiger partial charge in [0.1, 0.15) is 0 Å². The van der Waals surface area contributed by atoms with Crippen LogP contribution in [0.15, 0.2) is 48.8 Å². The summed E-state index contributed by atoms with van der Waals surface area (Å²) in [5.74, 6) is -0.174. The van der Waals surface area contributed by atoms with E-state index in [0.29, 0.717) is 12.1 Å². The van der Waals surface area contributed by atoms with Crippen LogP contribution in [-0.4, -0.2) is 10.9 Å². The molecule has 1 heterocycles. The Hall–Kier alpha value is -2.20. The van der Waals surface area contributed by atoms with Crippen molar-refractivity contribution in [1.29, 1.82) is 0 Å². The molecule has 17 heavy (non-hydrogen) atoms. The lowest BCUT2D eigenvalue weighted by Gasteiger charge is -2.06. The van der Waals surface area contributed by atoms with E-state index < -0.39 is 0 Å². The van der Waals surface area contributed by atoms with Crippen LogP contribution in [0.2, 0.25) is 0 Å². The van der Waals surface area contributed by atoms with Crippen molar-refractivity contribution in [2.75, 3.05) is 5.32 Å². The van der Waals surface area contributed by atoms with Crippen molar-refractivity contribution >= 4 is 11.6 Å². The molecular formula is C13H13N3O. The Morgan fingerprint density at radius 3 is 2.88 bits per heavy atom. The number of nitrogens with two attached hydrogens (primary N) is 1. The highest BCUT2D eigenvalue weighted by molar-refractivity contribution is 6.04. The Bertz CT molecular complexity index is 511. The van der Waals surface area contributed by atoms with Crippen LogP contribution in [0.3, 0.4) is 0 Å². The first-order valence-corrected chi connectivity index (χ1v) is 5.30. The minimum absolute atomic E-state index is 0.174. The number of anilines is 1. The largest absolute Gasteiger partial charge is 0.326 e. The molecule has 4 nitrogen and oxygen atoms in total. The highest BCUT2D eigenvalue weighted by atomic mass is 16.1. The Kier molecular flexibility index (Phi) is 3.47. The number of benzene rings is 1. The predicted octanol–water partition coefficient (Wildman–Crippen LogP) is 1.79. The molecule has 2 rings (SSSR count). The van der Waals surface area contributed by atoms with Gasteiger partial charge in [-0.05, 0) is 29.8 Å². The maximum atomic E-state index is 11.8. The lowest BCUT2D eigenvalue weighted by atomic mass is 10.2. The summed E-state index contributed by atoms with van der Waals surface area (Å²) in [7, 11) is 0. The van der Waals surface area contributed by atoms with Gasteiger partial charge in [-0.15, -0.1) is 0 Å². The first-order chi connectivity index (χ1) is 8.29. The van der Waals surface area contributed by atoms with E-state index in [4.69, 9.17) is 5.73 Å². The van der Waals surface area contributed by atoms with Gasteiger partial charge in [0.2, 0.25) is 0 Å². The molecule has 1 aromatic carbocycles. The Balaban J connectivity index is 2.13. The molecule has 0 radical (unpaired) electrons. The highest BCUT2D eigenvalue weighted by Gasteiger charge is 2.05. The van der Waals surface area contributed by atoms with Crippen molar-refractivity contribution in [3.05, 3.63) is 59.9 Å². The molecule has 0 atom stereocenters. The maximum Gasteiger partial charge on any atom is 0.257 e. The van der Waals surface area contributed by atoms with Crippen molar-refractivity contribution in [3.8, 4) is 0 Å². The monoisotopic (exact) mass is 227 g/mol. The second kappa shape index (κ2) is 5.23. The summed E-state index contributed by atoms with van der Waals surface area (Å²) in [6.45, 7) is 0.455. The van der Waals surface area contributed by atoms with Gasteiger partial charge in [0.25, 0.3) is 5.91 Å². The van der Waals surface area contributed by atoms with Crippen LogP contribution in [0.5, 0.6) is 0 Å². The third-order valence-electron chi connectivity index (χ3n) is 2.34. The average Bonchev–Trinajstić information content (AvgIpc) is 2.40. The first kappa shape index (κ1) is 11.3. The second-order valence-electron chi connectivity index (χ2n) is 3.60. The van der Waals surface area contributed by atoms with Gasteiger partial charge >= 0.3 is 0 Å². The number of carbonyl (C=O) groups excluding carboxylic acids is 1. The van der Waals surface area contributed by atoms with Crippen LogP contribution in [0.1, 0.15) is 15.9 Å². The summed E-state index contributed by atoms with van der Waals surface area (Å²) in [6.07, 6.45) is 3.16. The summed E-state index contributed by atoms with van der Waals surface area (Å²) < 4.78 is 0. The van der Waals surface area contributed by atoms with Crippen LogP contribution >= 0.6 is 0 Å². The van der Waals surface area contributed by atoms with Gasteiger partial charge in [-0.3, -0.25) is 9.78 Å². The molecule has 0 bridgehead atoms. The maximum absolute atomic E-state index is 11.8. The number of hydrogen-bond donors (Lipinski definition) is 2. The van der Waals surface area contributed by atoms with E-state index in [9.17, 15) is 4.79 Å². The summed E-state index contributed by atoms with van der Waals surface area (Å²) in [5, 5.41) is 2.80. The predicted molar refractivity (Wildman–Crippen MR) is 66.5 cm³/mol. The van der Waals surface area contributed by atoms with Crippen molar-refractivity contribution in [1.82, 2.24) is 4.98 Å². The van der Waals surface area contributed by atoms with Crippen LogP contribution in [-0.2, 0) is 6.54 Å². The van der Waals surface area contributed by atoms with E-state index in [0.717, 1.165) is 11.3 Å². The molecule has 0 spiro atoms. The molecule has 0 aliphatic carbocycles. The zero-order valence-electron chi connectivity index (χ0n) is 9.26. The molecule has 0 unspecified atom stereocenters. The smallest absolute Gasteiger partial charge is 0.257 e. The fourth-order valence-corrected chi connectivity index (χ4v) is 1.48. The van der Waals surface area contributed by atoms with Gasteiger partial charge in [0.05, 0.1) is 5.56 Å².